The highest BCUT2D eigenvalue weighted by molar-refractivity contribution is 5.83. The molecule has 0 saturated carbocycles. The number of carbonyl (C=O) groups is 1. The molecule has 0 aliphatic carbocycles. The third kappa shape index (κ3) is 3.73. The SMILES string of the molecule is NC(=O)C(c1ccccc1)C(c1ccco1)C1CCNCC1c1ccccc1. The summed E-state index contributed by atoms with van der Waals surface area (Å²) in [7, 11) is 0. The quantitative estimate of drug-likeness (QED) is 0.685. The van der Waals surface area contributed by atoms with E-state index < -0.39 is 5.92 Å². The van der Waals surface area contributed by atoms with Gasteiger partial charge in [0.1, 0.15) is 5.76 Å². The zero-order valence-corrected chi connectivity index (χ0v) is 15.8. The van der Waals surface area contributed by atoms with Crippen molar-refractivity contribution < 1.29 is 9.21 Å². The lowest BCUT2D eigenvalue weighted by Crippen LogP contribution is -2.41. The lowest BCUT2D eigenvalue weighted by atomic mass is 9.67. The molecule has 2 heterocycles. The van der Waals surface area contributed by atoms with Gasteiger partial charge in [0.25, 0.3) is 0 Å². The number of hydrogen-bond acceptors (Lipinski definition) is 3. The van der Waals surface area contributed by atoms with Gasteiger partial charge in [-0.1, -0.05) is 60.7 Å². The lowest BCUT2D eigenvalue weighted by Gasteiger charge is -2.40. The van der Waals surface area contributed by atoms with Gasteiger partial charge < -0.3 is 15.5 Å². The van der Waals surface area contributed by atoms with E-state index in [-0.39, 0.29) is 23.7 Å². The van der Waals surface area contributed by atoms with E-state index in [1.165, 1.54) is 5.56 Å². The summed E-state index contributed by atoms with van der Waals surface area (Å²) in [6.45, 7) is 1.80. The Morgan fingerprint density at radius 3 is 2.36 bits per heavy atom. The summed E-state index contributed by atoms with van der Waals surface area (Å²) in [4.78, 5) is 12.7. The zero-order chi connectivity index (χ0) is 19.3. The van der Waals surface area contributed by atoms with Crippen molar-refractivity contribution in [2.45, 2.75) is 24.2 Å². The number of nitrogens with one attached hydrogen (secondary N) is 1. The predicted molar refractivity (Wildman–Crippen MR) is 110 cm³/mol. The largest absolute Gasteiger partial charge is 0.469 e. The molecule has 1 fully saturated rings. The van der Waals surface area contributed by atoms with Gasteiger partial charge in [-0.3, -0.25) is 4.79 Å². The van der Waals surface area contributed by atoms with Gasteiger partial charge in [0.2, 0.25) is 5.91 Å². The first kappa shape index (κ1) is 18.5. The van der Waals surface area contributed by atoms with Crippen LogP contribution in [0.2, 0.25) is 0 Å². The fourth-order valence-electron chi connectivity index (χ4n) is 4.69. The fraction of sp³-hybridized carbons (Fsp3) is 0.292. The number of hydrogen-bond donors (Lipinski definition) is 2. The zero-order valence-electron chi connectivity index (χ0n) is 15.8. The van der Waals surface area contributed by atoms with Crippen molar-refractivity contribution in [3.63, 3.8) is 0 Å². The van der Waals surface area contributed by atoms with Crippen LogP contribution < -0.4 is 11.1 Å². The first-order chi connectivity index (χ1) is 13.8. The van der Waals surface area contributed by atoms with Gasteiger partial charge in [0, 0.05) is 12.5 Å². The Hall–Kier alpha value is -2.85. The molecule has 4 rings (SSSR count). The van der Waals surface area contributed by atoms with Crippen LogP contribution in [-0.2, 0) is 4.79 Å². The molecule has 4 unspecified atom stereocenters. The van der Waals surface area contributed by atoms with Crippen molar-refractivity contribution in [3.8, 4) is 0 Å². The van der Waals surface area contributed by atoms with Gasteiger partial charge in [0.05, 0.1) is 12.2 Å². The summed E-state index contributed by atoms with van der Waals surface area (Å²) in [5, 5.41) is 3.52. The predicted octanol–water partition coefficient (Wildman–Crippen LogP) is 4.03. The molecule has 4 heteroatoms. The van der Waals surface area contributed by atoms with E-state index in [0.717, 1.165) is 30.8 Å². The first-order valence-corrected chi connectivity index (χ1v) is 9.89. The third-order valence-corrected chi connectivity index (χ3v) is 5.92. The van der Waals surface area contributed by atoms with E-state index in [1.807, 2.05) is 48.5 Å². The third-order valence-electron chi connectivity index (χ3n) is 5.92. The molecule has 1 aliphatic heterocycles. The van der Waals surface area contributed by atoms with Crippen molar-refractivity contribution in [2.24, 2.45) is 11.7 Å². The molecule has 3 aromatic rings. The van der Waals surface area contributed by atoms with Crippen molar-refractivity contribution in [3.05, 3.63) is 95.9 Å². The van der Waals surface area contributed by atoms with E-state index in [9.17, 15) is 4.79 Å². The lowest BCUT2D eigenvalue weighted by molar-refractivity contribution is -0.120. The molecule has 0 spiro atoms. The van der Waals surface area contributed by atoms with Crippen LogP contribution in [0, 0.1) is 5.92 Å². The van der Waals surface area contributed by atoms with E-state index in [0.29, 0.717) is 0 Å². The summed E-state index contributed by atoms with van der Waals surface area (Å²) < 4.78 is 5.86. The van der Waals surface area contributed by atoms with E-state index >= 15 is 0 Å². The second kappa shape index (κ2) is 8.44. The topological polar surface area (TPSA) is 68.3 Å². The van der Waals surface area contributed by atoms with E-state index in [2.05, 4.69) is 29.6 Å². The van der Waals surface area contributed by atoms with Crippen LogP contribution in [0.25, 0.3) is 0 Å². The standard InChI is InChI=1S/C24H26N2O2/c25-24(27)22(18-10-5-2-6-11-18)23(21-12-7-15-28-21)19-13-14-26-16-20(19)17-8-3-1-4-9-17/h1-12,15,19-20,22-23,26H,13-14,16H2,(H2,25,27). The molecule has 0 radical (unpaired) electrons. The van der Waals surface area contributed by atoms with Gasteiger partial charge >= 0.3 is 0 Å². The molecule has 144 valence electrons. The number of benzene rings is 2. The summed E-state index contributed by atoms with van der Waals surface area (Å²) in [6, 6.07) is 24.3. The smallest absolute Gasteiger partial charge is 0.225 e. The molecule has 2 aromatic carbocycles. The molecule has 1 aromatic heterocycles. The minimum absolute atomic E-state index is 0.109. The summed E-state index contributed by atoms with van der Waals surface area (Å²) >= 11 is 0. The monoisotopic (exact) mass is 374 g/mol. The van der Waals surface area contributed by atoms with Crippen LogP contribution in [0.3, 0.4) is 0 Å². The molecule has 1 saturated heterocycles. The van der Waals surface area contributed by atoms with Crippen LogP contribution in [0.5, 0.6) is 0 Å². The molecule has 28 heavy (non-hydrogen) atoms. The molecule has 1 amide bonds. The number of primary amides is 1. The summed E-state index contributed by atoms with van der Waals surface area (Å²) in [5.41, 5.74) is 8.20. The number of furan rings is 1. The highest BCUT2D eigenvalue weighted by atomic mass is 16.3. The fourth-order valence-corrected chi connectivity index (χ4v) is 4.69. The summed E-state index contributed by atoms with van der Waals surface area (Å²) in [6.07, 6.45) is 2.64. The first-order valence-electron chi connectivity index (χ1n) is 9.89. The Kier molecular flexibility index (Phi) is 5.58. The second-order valence-corrected chi connectivity index (χ2v) is 7.51. The minimum Gasteiger partial charge on any atom is -0.469 e. The van der Waals surface area contributed by atoms with Crippen LogP contribution in [0.4, 0.5) is 0 Å². The van der Waals surface area contributed by atoms with Crippen molar-refractivity contribution >= 4 is 5.91 Å². The van der Waals surface area contributed by atoms with Crippen LogP contribution in [-0.4, -0.2) is 19.0 Å². The maximum absolute atomic E-state index is 12.7. The van der Waals surface area contributed by atoms with Crippen LogP contribution in [0.1, 0.15) is 41.1 Å². The Morgan fingerprint density at radius 1 is 1.00 bits per heavy atom. The van der Waals surface area contributed by atoms with Crippen LogP contribution in [0.15, 0.2) is 83.5 Å². The van der Waals surface area contributed by atoms with Gasteiger partial charge in [-0.05, 0) is 48.1 Å². The Morgan fingerprint density at radius 2 is 1.71 bits per heavy atom. The second-order valence-electron chi connectivity index (χ2n) is 7.51. The molecule has 1 aliphatic rings. The Labute approximate surface area is 165 Å². The average molecular weight is 374 g/mol. The molecule has 4 atom stereocenters. The number of carbonyl (C=O) groups excluding carboxylic acids is 1. The highest BCUT2D eigenvalue weighted by Gasteiger charge is 2.42. The maximum Gasteiger partial charge on any atom is 0.225 e. The number of piperidine rings is 1. The molecular formula is C24H26N2O2. The molecular weight excluding hydrogens is 348 g/mol. The van der Waals surface area contributed by atoms with Gasteiger partial charge in [0.15, 0.2) is 0 Å². The van der Waals surface area contributed by atoms with Gasteiger partial charge in [-0.2, -0.15) is 0 Å². The van der Waals surface area contributed by atoms with Crippen molar-refractivity contribution in [2.75, 3.05) is 13.1 Å². The van der Waals surface area contributed by atoms with Crippen LogP contribution >= 0.6 is 0 Å². The summed E-state index contributed by atoms with van der Waals surface area (Å²) in [5.74, 6) is 0.519. The number of nitrogens with two attached hydrogens (primary N) is 1. The van der Waals surface area contributed by atoms with Crippen molar-refractivity contribution in [1.29, 1.82) is 0 Å². The average Bonchev–Trinajstić information content (AvgIpc) is 3.27. The normalized spacial score (nSPS) is 21.7. The Bertz CT molecular complexity index is 877. The van der Waals surface area contributed by atoms with E-state index in [4.69, 9.17) is 10.2 Å². The van der Waals surface area contributed by atoms with E-state index in [1.54, 1.807) is 6.26 Å². The minimum atomic E-state index is -0.429. The van der Waals surface area contributed by atoms with Crippen molar-refractivity contribution in [1.82, 2.24) is 5.32 Å². The molecule has 4 nitrogen and oxygen atoms in total. The molecule has 0 bridgehead atoms. The molecule has 3 N–H and O–H groups in total. The van der Waals surface area contributed by atoms with Gasteiger partial charge in [-0.25, -0.2) is 0 Å². The Balaban J connectivity index is 1.80. The maximum atomic E-state index is 12.7. The highest BCUT2D eigenvalue weighted by Crippen LogP contribution is 2.47. The van der Waals surface area contributed by atoms with Gasteiger partial charge in [-0.15, -0.1) is 0 Å². The number of rotatable bonds is 6. The number of amides is 1.